The summed E-state index contributed by atoms with van der Waals surface area (Å²) in [6.45, 7) is 3.35. The van der Waals surface area contributed by atoms with Crippen molar-refractivity contribution in [2.75, 3.05) is 0 Å². The van der Waals surface area contributed by atoms with Crippen molar-refractivity contribution >= 4 is 26.9 Å². The van der Waals surface area contributed by atoms with Crippen LogP contribution >= 0.6 is 0 Å². The Hall–Kier alpha value is -2.93. The number of hydrogen-bond donors (Lipinski definition) is 0. The predicted octanol–water partition coefficient (Wildman–Crippen LogP) is 3.72. The van der Waals surface area contributed by atoms with E-state index in [0.717, 1.165) is 17.4 Å². The summed E-state index contributed by atoms with van der Waals surface area (Å²) >= 11 is 0. The van der Waals surface area contributed by atoms with Crippen LogP contribution in [-0.4, -0.2) is 14.2 Å². The highest BCUT2D eigenvalue weighted by Gasteiger charge is 2.19. The molecule has 0 bridgehead atoms. The standard InChI is InChI=1S/C20H18O6S/c1-3-5-15-11-20(22)25-19-12-16(8-9-18(15)19)26-27(23,24)17-7-4-6-14(10-17)13(2)21/h4,6-12H,3,5H2,1-2H3. The van der Waals surface area contributed by atoms with Crippen LogP contribution in [0.15, 0.2) is 62.6 Å². The maximum Gasteiger partial charge on any atom is 0.339 e. The van der Waals surface area contributed by atoms with Gasteiger partial charge in [-0.15, -0.1) is 0 Å². The van der Waals surface area contributed by atoms with Gasteiger partial charge < -0.3 is 8.60 Å². The fourth-order valence-electron chi connectivity index (χ4n) is 2.78. The molecule has 2 aromatic carbocycles. The summed E-state index contributed by atoms with van der Waals surface area (Å²) in [6.07, 6.45) is 1.57. The fourth-order valence-corrected chi connectivity index (χ4v) is 3.75. The highest BCUT2D eigenvalue weighted by molar-refractivity contribution is 7.87. The Morgan fingerprint density at radius 1 is 1.11 bits per heavy atom. The van der Waals surface area contributed by atoms with Crippen molar-refractivity contribution in [2.24, 2.45) is 0 Å². The Bertz CT molecular complexity index is 1170. The molecule has 0 atom stereocenters. The second-order valence-corrected chi connectivity index (χ2v) is 7.67. The van der Waals surface area contributed by atoms with Crippen molar-refractivity contribution in [1.82, 2.24) is 0 Å². The molecular formula is C20H18O6S. The number of benzene rings is 2. The molecule has 0 spiro atoms. The third-order valence-corrected chi connectivity index (χ3v) is 5.30. The molecule has 3 rings (SSSR count). The molecule has 0 fully saturated rings. The predicted molar refractivity (Wildman–Crippen MR) is 101 cm³/mol. The second-order valence-electron chi connectivity index (χ2n) is 6.12. The lowest BCUT2D eigenvalue weighted by Crippen LogP contribution is -2.10. The van der Waals surface area contributed by atoms with Crippen LogP contribution in [0.1, 0.15) is 36.2 Å². The van der Waals surface area contributed by atoms with E-state index in [2.05, 4.69) is 0 Å². The number of ketones is 1. The number of carbonyl (C=O) groups is 1. The molecule has 0 N–H and O–H groups in total. The molecule has 0 unspecified atom stereocenters. The Morgan fingerprint density at radius 2 is 1.89 bits per heavy atom. The minimum absolute atomic E-state index is 0.0209. The highest BCUT2D eigenvalue weighted by atomic mass is 32.2. The number of aryl methyl sites for hydroxylation is 1. The van der Waals surface area contributed by atoms with Crippen LogP contribution < -0.4 is 9.81 Å². The highest BCUT2D eigenvalue weighted by Crippen LogP contribution is 2.26. The lowest BCUT2D eigenvalue weighted by atomic mass is 10.1. The zero-order chi connectivity index (χ0) is 19.6. The first kappa shape index (κ1) is 18.8. The van der Waals surface area contributed by atoms with Gasteiger partial charge in [-0.25, -0.2) is 4.79 Å². The summed E-state index contributed by atoms with van der Waals surface area (Å²) in [5.74, 6) is -0.226. The number of Topliss-reactive ketones (excluding diaryl/α,β-unsaturated/α-hetero) is 1. The van der Waals surface area contributed by atoms with Gasteiger partial charge in [0, 0.05) is 23.1 Å². The average Bonchev–Trinajstić information content (AvgIpc) is 2.61. The first-order chi connectivity index (χ1) is 12.8. The van der Waals surface area contributed by atoms with Crippen molar-refractivity contribution in [1.29, 1.82) is 0 Å². The Balaban J connectivity index is 2.00. The van der Waals surface area contributed by atoms with E-state index in [1.165, 1.54) is 49.4 Å². The minimum atomic E-state index is -4.14. The second kappa shape index (κ2) is 7.36. The SMILES string of the molecule is CCCc1cc(=O)oc2cc(OS(=O)(=O)c3cccc(C(C)=O)c3)ccc12. The van der Waals surface area contributed by atoms with Crippen LogP contribution in [0.4, 0.5) is 0 Å². The van der Waals surface area contributed by atoms with Crippen LogP contribution in [-0.2, 0) is 16.5 Å². The van der Waals surface area contributed by atoms with E-state index in [1.807, 2.05) is 6.92 Å². The molecule has 0 saturated carbocycles. The lowest BCUT2D eigenvalue weighted by Gasteiger charge is -2.09. The molecule has 0 aliphatic heterocycles. The fraction of sp³-hybridized carbons (Fsp3) is 0.200. The molecule has 3 aromatic rings. The van der Waals surface area contributed by atoms with Crippen molar-refractivity contribution in [2.45, 2.75) is 31.6 Å². The first-order valence-corrected chi connectivity index (χ1v) is 9.83. The van der Waals surface area contributed by atoms with Crippen LogP contribution in [0, 0.1) is 0 Å². The third kappa shape index (κ3) is 4.09. The first-order valence-electron chi connectivity index (χ1n) is 8.42. The van der Waals surface area contributed by atoms with Crippen LogP contribution in [0.3, 0.4) is 0 Å². The van der Waals surface area contributed by atoms with E-state index in [-0.39, 0.29) is 27.6 Å². The van der Waals surface area contributed by atoms with Gasteiger partial charge in [-0.1, -0.05) is 25.5 Å². The monoisotopic (exact) mass is 386 g/mol. The number of fused-ring (bicyclic) bond motifs is 1. The van der Waals surface area contributed by atoms with E-state index >= 15 is 0 Å². The molecule has 0 saturated heterocycles. The lowest BCUT2D eigenvalue weighted by molar-refractivity contribution is 0.101. The Morgan fingerprint density at radius 3 is 2.59 bits per heavy atom. The topological polar surface area (TPSA) is 90.7 Å². The van der Waals surface area contributed by atoms with Gasteiger partial charge in [-0.3, -0.25) is 4.79 Å². The van der Waals surface area contributed by atoms with Gasteiger partial charge in [0.05, 0.1) is 0 Å². The van der Waals surface area contributed by atoms with Crippen molar-refractivity contribution in [3.05, 3.63) is 70.1 Å². The van der Waals surface area contributed by atoms with Gasteiger partial charge in [-0.05, 0) is 43.2 Å². The van der Waals surface area contributed by atoms with Gasteiger partial charge in [0.2, 0.25) is 0 Å². The number of rotatable bonds is 6. The molecule has 0 radical (unpaired) electrons. The van der Waals surface area contributed by atoms with Gasteiger partial charge in [-0.2, -0.15) is 8.42 Å². The normalized spacial score (nSPS) is 11.5. The molecule has 7 heteroatoms. The molecular weight excluding hydrogens is 368 g/mol. The quantitative estimate of drug-likeness (QED) is 0.364. The summed E-state index contributed by atoms with van der Waals surface area (Å²) in [6, 6.07) is 11.6. The van der Waals surface area contributed by atoms with Crippen molar-refractivity contribution < 1.29 is 21.8 Å². The van der Waals surface area contributed by atoms with Crippen LogP contribution in [0.25, 0.3) is 11.0 Å². The average molecular weight is 386 g/mol. The minimum Gasteiger partial charge on any atom is -0.423 e. The summed E-state index contributed by atoms with van der Waals surface area (Å²) in [7, 11) is -4.14. The van der Waals surface area contributed by atoms with E-state index < -0.39 is 15.7 Å². The molecule has 0 aliphatic rings. The molecule has 140 valence electrons. The smallest absolute Gasteiger partial charge is 0.339 e. The molecule has 0 aliphatic carbocycles. The van der Waals surface area contributed by atoms with E-state index in [9.17, 15) is 18.0 Å². The molecule has 1 aromatic heterocycles. The molecule has 27 heavy (non-hydrogen) atoms. The van der Waals surface area contributed by atoms with Crippen LogP contribution in [0.5, 0.6) is 5.75 Å². The maximum absolute atomic E-state index is 12.5. The Labute approximate surface area is 156 Å². The number of carbonyl (C=O) groups excluding carboxylic acids is 1. The summed E-state index contributed by atoms with van der Waals surface area (Å²) < 4.78 is 35.4. The molecule has 1 heterocycles. The van der Waals surface area contributed by atoms with Gasteiger partial charge in [0.15, 0.2) is 5.78 Å². The summed E-state index contributed by atoms with van der Waals surface area (Å²) in [4.78, 5) is 23.1. The largest absolute Gasteiger partial charge is 0.423 e. The van der Waals surface area contributed by atoms with E-state index in [4.69, 9.17) is 8.60 Å². The molecule has 6 nitrogen and oxygen atoms in total. The van der Waals surface area contributed by atoms with Gasteiger partial charge in [0.1, 0.15) is 16.2 Å². The van der Waals surface area contributed by atoms with Crippen LogP contribution in [0.2, 0.25) is 0 Å². The summed E-state index contributed by atoms with van der Waals surface area (Å²) in [5, 5.41) is 0.736. The third-order valence-electron chi connectivity index (χ3n) is 4.06. The van der Waals surface area contributed by atoms with Gasteiger partial charge >= 0.3 is 15.7 Å². The van der Waals surface area contributed by atoms with Crippen molar-refractivity contribution in [3.8, 4) is 5.75 Å². The Kier molecular flexibility index (Phi) is 5.14. The maximum atomic E-state index is 12.5. The number of hydrogen-bond acceptors (Lipinski definition) is 6. The zero-order valence-electron chi connectivity index (χ0n) is 14.9. The van der Waals surface area contributed by atoms with Gasteiger partial charge in [0.25, 0.3) is 0 Å². The van der Waals surface area contributed by atoms with E-state index in [0.29, 0.717) is 6.42 Å². The van der Waals surface area contributed by atoms with Crippen molar-refractivity contribution in [3.63, 3.8) is 0 Å². The van der Waals surface area contributed by atoms with E-state index in [1.54, 1.807) is 6.07 Å². The summed E-state index contributed by atoms with van der Waals surface area (Å²) in [5.41, 5.74) is 0.872. The molecule has 0 amide bonds. The zero-order valence-corrected chi connectivity index (χ0v) is 15.7.